The summed E-state index contributed by atoms with van der Waals surface area (Å²) in [5.41, 5.74) is 8.52. The van der Waals surface area contributed by atoms with E-state index in [1.165, 1.54) is 0 Å². The molecular formula is C15H15N5O. The highest BCUT2D eigenvalue weighted by molar-refractivity contribution is 6.05. The predicted molar refractivity (Wildman–Crippen MR) is 80.5 cm³/mol. The zero-order valence-electron chi connectivity index (χ0n) is 11.6. The fourth-order valence-corrected chi connectivity index (χ4v) is 2.21. The van der Waals surface area contributed by atoms with Crippen molar-refractivity contribution < 1.29 is 4.79 Å². The van der Waals surface area contributed by atoms with Crippen molar-refractivity contribution in [3.05, 3.63) is 54.0 Å². The molecule has 106 valence electrons. The second-order valence-corrected chi connectivity index (χ2v) is 4.90. The van der Waals surface area contributed by atoms with Gasteiger partial charge in [-0.25, -0.2) is 0 Å². The molecule has 0 aliphatic rings. The molecule has 3 aromatic rings. The number of amides is 1. The highest BCUT2D eigenvalue weighted by Crippen LogP contribution is 2.20. The van der Waals surface area contributed by atoms with Crippen LogP contribution in [0.15, 0.2) is 42.7 Å². The van der Waals surface area contributed by atoms with Crippen molar-refractivity contribution in [2.75, 3.05) is 12.8 Å². The first kappa shape index (κ1) is 13.1. The average molecular weight is 281 g/mol. The molecule has 0 saturated heterocycles. The van der Waals surface area contributed by atoms with Crippen molar-refractivity contribution in [2.45, 2.75) is 6.54 Å². The number of anilines is 1. The Morgan fingerprint density at radius 2 is 2.24 bits per heavy atom. The number of nitrogens with one attached hydrogen (secondary N) is 1. The van der Waals surface area contributed by atoms with Crippen LogP contribution in [0.1, 0.15) is 16.1 Å². The van der Waals surface area contributed by atoms with E-state index in [9.17, 15) is 4.79 Å². The van der Waals surface area contributed by atoms with Crippen molar-refractivity contribution in [3.8, 4) is 0 Å². The minimum Gasteiger partial charge on any atom is -0.399 e. The second kappa shape index (κ2) is 5.24. The summed E-state index contributed by atoms with van der Waals surface area (Å²) in [5.74, 6) is -0.157. The third-order valence-electron chi connectivity index (χ3n) is 3.28. The Morgan fingerprint density at radius 1 is 1.38 bits per heavy atom. The molecule has 0 saturated carbocycles. The fraction of sp³-hybridized carbons (Fsp3) is 0.133. The molecule has 0 radical (unpaired) electrons. The van der Waals surface area contributed by atoms with E-state index in [-0.39, 0.29) is 5.91 Å². The minimum atomic E-state index is -0.157. The van der Waals surface area contributed by atoms with Crippen LogP contribution in [0.25, 0.3) is 10.9 Å². The lowest BCUT2D eigenvalue weighted by Crippen LogP contribution is -2.26. The summed E-state index contributed by atoms with van der Waals surface area (Å²) >= 11 is 0. The van der Waals surface area contributed by atoms with Crippen molar-refractivity contribution in [1.29, 1.82) is 0 Å². The first-order valence-electron chi connectivity index (χ1n) is 6.53. The van der Waals surface area contributed by atoms with Gasteiger partial charge in [-0.05, 0) is 29.8 Å². The Hall–Kier alpha value is -2.89. The predicted octanol–water partition coefficient (Wildman–Crippen LogP) is 1.81. The number of carbonyl (C=O) groups is 1. The molecule has 0 aliphatic carbocycles. The first-order chi connectivity index (χ1) is 10.1. The quantitative estimate of drug-likeness (QED) is 0.717. The Balaban J connectivity index is 1.88. The lowest BCUT2D eigenvalue weighted by Gasteiger charge is -2.15. The van der Waals surface area contributed by atoms with Gasteiger partial charge in [0.2, 0.25) is 0 Å². The summed E-state index contributed by atoms with van der Waals surface area (Å²) in [4.78, 5) is 18.2. The smallest absolute Gasteiger partial charge is 0.275 e. The molecule has 6 nitrogen and oxygen atoms in total. The Labute approximate surface area is 121 Å². The number of nitrogen functional groups attached to an aromatic ring is 1. The Kier molecular flexibility index (Phi) is 3.27. The zero-order valence-corrected chi connectivity index (χ0v) is 11.6. The molecule has 3 rings (SSSR count). The molecule has 0 aliphatic heterocycles. The van der Waals surface area contributed by atoms with Crippen molar-refractivity contribution in [2.24, 2.45) is 0 Å². The topological polar surface area (TPSA) is 87.9 Å². The number of carbonyl (C=O) groups excluding carboxylic acids is 1. The summed E-state index contributed by atoms with van der Waals surface area (Å²) in [6.07, 6.45) is 3.44. The number of fused-ring (bicyclic) bond motifs is 1. The number of aromatic amines is 1. The van der Waals surface area contributed by atoms with Gasteiger partial charge in [-0.3, -0.25) is 14.9 Å². The van der Waals surface area contributed by atoms with Crippen LogP contribution in [0, 0.1) is 0 Å². The molecule has 1 amide bonds. The standard InChI is InChI=1S/C15H15N5O/c1-20(9-10-3-2-6-17-8-10)15(21)14-12-7-11(16)4-5-13(12)18-19-14/h2-8H,9,16H2,1H3,(H,18,19). The molecule has 2 aromatic heterocycles. The summed E-state index contributed by atoms with van der Waals surface area (Å²) in [6.45, 7) is 0.476. The zero-order chi connectivity index (χ0) is 14.8. The number of rotatable bonds is 3. The maximum atomic E-state index is 12.5. The van der Waals surface area contributed by atoms with Gasteiger partial charge < -0.3 is 10.6 Å². The lowest BCUT2D eigenvalue weighted by atomic mass is 10.1. The van der Waals surface area contributed by atoms with Crippen LogP contribution >= 0.6 is 0 Å². The molecule has 2 heterocycles. The molecule has 0 bridgehead atoms. The number of benzene rings is 1. The van der Waals surface area contributed by atoms with Crippen LogP contribution in [0.4, 0.5) is 5.69 Å². The largest absolute Gasteiger partial charge is 0.399 e. The monoisotopic (exact) mass is 281 g/mol. The summed E-state index contributed by atoms with van der Waals surface area (Å²) in [6, 6.07) is 9.11. The Bertz CT molecular complexity index is 781. The number of hydrogen-bond acceptors (Lipinski definition) is 4. The molecule has 6 heteroatoms. The van der Waals surface area contributed by atoms with Gasteiger partial charge in [0.25, 0.3) is 5.91 Å². The number of H-pyrrole nitrogens is 1. The van der Waals surface area contributed by atoms with Crippen molar-refractivity contribution in [1.82, 2.24) is 20.1 Å². The second-order valence-electron chi connectivity index (χ2n) is 4.90. The summed E-state index contributed by atoms with van der Waals surface area (Å²) < 4.78 is 0. The van der Waals surface area contributed by atoms with Crippen molar-refractivity contribution in [3.63, 3.8) is 0 Å². The molecule has 0 spiro atoms. The molecular weight excluding hydrogens is 266 g/mol. The number of pyridine rings is 1. The highest BCUT2D eigenvalue weighted by Gasteiger charge is 2.18. The third kappa shape index (κ3) is 2.55. The van der Waals surface area contributed by atoms with Gasteiger partial charge in [-0.15, -0.1) is 0 Å². The molecule has 0 unspecified atom stereocenters. The minimum absolute atomic E-state index is 0.157. The van der Waals surface area contributed by atoms with E-state index < -0.39 is 0 Å². The van der Waals surface area contributed by atoms with Crippen LogP contribution in [0.3, 0.4) is 0 Å². The van der Waals surface area contributed by atoms with Gasteiger partial charge in [-0.2, -0.15) is 5.10 Å². The first-order valence-corrected chi connectivity index (χ1v) is 6.53. The third-order valence-corrected chi connectivity index (χ3v) is 3.28. The van der Waals surface area contributed by atoms with E-state index in [0.29, 0.717) is 17.9 Å². The number of nitrogens with zero attached hydrogens (tertiary/aromatic N) is 3. The highest BCUT2D eigenvalue weighted by atomic mass is 16.2. The van der Waals surface area contributed by atoms with E-state index in [4.69, 9.17) is 5.73 Å². The van der Waals surface area contributed by atoms with Gasteiger partial charge in [0.1, 0.15) is 0 Å². The Morgan fingerprint density at radius 3 is 3.00 bits per heavy atom. The van der Waals surface area contributed by atoms with E-state index in [1.54, 1.807) is 36.5 Å². The van der Waals surface area contributed by atoms with Gasteiger partial charge in [0, 0.05) is 37.1 Å². The average Bonchev–Trinajstić information content (AvgIpc) is 2.90. The molecule has 3 N–H and O–H groups in total. The van der Waals surface area contributed by atoms with E-state index in [2.05, 4.69) is 15.2 Å². The normalized spacial score (nSPS) is 10.7. The van der Waals surface area contributed by atoms with Crippen LogP contribution in [-0.4, -0.2) is 33.0 Å². The number of hydrogen-bond donors (Lipinski definition) is 2. The van der Waals surface area contributed by atoms with E-state index in [1.807, 2.05) is 18.2 Å². The maximum Gasteiger partial charge on any atom is 0.275 e. The van der Waals surface area contributed by atoms with Gasteiger partial charge in [0.15, 0.2) is 5.69 Å². The van der Waals surface area contributed by atoms with Crippen LogP contribution < -0.4 is 5.73 Å². The lowest BCUT2D eigenvalue weighted by molar-refractivity contribution is 0.0781. The molecule has 0 fully saturated rings. The van der Waals surface area contributed by atoms with Gasteiger partial charge >= 0.3 is 0 Å². The van der Waals surface area contributed by atoms with E-state index in [0.717, 1.165) is 16.5 Å². The van der Waals surface area contributed by atoms with Gasteiger partial charge in [0.05, 0.1) is 5.52 Å². The van der Waals surface area contributed by atoms with Crippen molar-refractivity contribution >= 4 is 22.5 Å². The molecule has 1 aromatic carbocycles. The van der Waals surface area contributed by atoms with E-state index >= 15 is 0 Å². The fourth-order valence-electron chi connectivity index (χ4n) is 2.21. The van der Waals surface area contributed by atoms with Crippen LogP contribution in [-0.2, 0) is 6.54 Å². The number of aromatic nitrogens is 3. The summed E-state index contributed by atoms with van der Waals surface area (Å²) in [7, 11) is 1.74. The molecule has 0 atom stereocenters. The van der Waals surface area contributed by atoms with Gasteiger partial charge in [-0.1, -0.05) is 6.07 Å². The van der Waals surface area contributed by atoms with Crippen LogP contribution in [0.2, 0.25) is 0 Å². The van der Waals surface area contributed by atoms with Crippen LogP contribution in [0.5, 0.6) is 0 Å². The maximum absolute atomic E-state index is 12.5. The summed E-state index contributed by atoms with van der Waals surface area (Å²) in [5, 5.41) is 7.70. The SMILES string of the molecule is CN(Cc1cccnc1)C(=O)c1n[nH]c2ccc(N)cc12. The molecule has 21 heavy (non-hydrogen) atoms. The number of nitrogens with two attached hydrogens (primary N) is 1.